The van der Waals surface area contributed by atoms with E-state index in [1.165, 1.54) is 17.3 Å². The van der Waals surface area contributed by atoms with Crippen LogP contribution in [0.4, 0.5) is 0 Å². The number of aromatic nitrogens is 4. The van der Waals surface area contributed by atoms with Crippen molar-refractivity contribution in [3.05, 3.63) is 71.9 Å². The van der Waals surface area contributed by atoms with Gasteiger partial charge < -0.3 is 4.74 Å². The van der Waals surface area contributed by atoms with Gasteiger partial charge in [-0.3, -0.25) is 4.79 Å². The summed E-state index contributed by atoms with van der Waals surface area (Å²) < 4.78 is 7.00. The van der Waals surface area contributed by atoms with E-state index in [1.807, 2.05) is 6.07 Å². The largest absolute Gasteiger partial charge is 0.444 e. The summed E-state index contributed by atoms with van der Waals surface area (Å²) in [5.74, 6) is -0.0230. The molecule has 2 heterocycles. The number of benzene rings is 1. The first-order valence-corrected chi connectivity index (χ1v) is 6.84. The molecule has 2 aromatic heterocycles. The molecule has 7 heteroatoms. The van der Waals surface area contributed by atoms with Crippen molar-refractivity contribution in [3.63, 3.8) is 0 Å². The first-order valence-electron chi connectivity index (χ1n) is 6.46. The van der Waals surface area contributed by atoms with E-state index in [-0.39, 0.29) is 16.8 Å². The van der Waals surface area contributed by atoms with Crippen LogP contribution in [0.25, 0.3) is 0 Å². The summed E-state index contributed by atoms with van der Waals surface area (Å²) in [6.45, 7) is 0. The highest BCUT2D eigenvalue weighted by atomic mass is 35.5. The van der Waals surface area contributed by atoms with Crippen molar-refractivity contribution in [2.45, 2.75) is 6.23 Å². The molecule has 0 aliphatic carbocycles. The van der Waals surface area contributed by atoms with Crippen LogP contribution in [0.2, 0.25) is 5.15 Å². The molecule has 0 bridgehead atoms. The van der Waals surface area contributed by atoms with Crippen molar-refractivity contribution < 1.29 is 9.53 Å². The number of hydrogen-bond acceptors (Lipinski definition) is 5. The van der Waals surface area contributed by atoms with Gasteiger partial charge in [0.1, 0.15) is 17.8 Å². The molecular weight excluding hydrogens is 304 g/mol. The summed E-state index contributed by atoms with van der Waals surface area (Å²) in [5, 5.41) is 4.26. The zero-order chi connectivity index (χ0) is 15.4. The van der Waals surface area contributed by atoms with Crippen LogP contribution < -0.4 is 4.74 Å². The standard InChI is InChI=1S/C15H11ClN4O2/c16-12-7-4-8-13(19-12)22-15(20-10-17-9-18-20)14(21)11-5-2-1-3-6-11/h1-10,15H. The normalized spacial score (nSPS) is 11.9. The van der Waals surface area contributed by atoms with Crippen LogP contribution in [-0.2, 0) is 0 Å². The van der Waals surface area contributed by atoms with E-state index in [0.29, 0.717) is 5.56 Å². The van der Waals surface area contributed by atoms with Crippen molar-refractivity contribution in [1.82, 2.24) is 19.7 Å². The Labute approximate surface area is 131 Å². The van der Waals surface area contributed by atoms with Gasteiger partial charge in [0, 0.05) is 11.6 Å². The second kappa shape index (κ2) is 6.36. The van der Waals surface area contributed by atoms with Crippen molar-refractivity contribution in [3.8, 4) is 5.88 Å². The fourth-order valence-corrected chi connectivity index (χ4v) is 2.04. The molecule has 6 nitrogen and oxygen atoms in total. The minimum absolute atomic E-state index is 0.234. The molecule has 0 fully saturated rings. The Morgan fingerprint density at radius 3 is 2.64 bits per heavy atom. The number of halogens is 1. The van der Waals surface area contributed by atoms with Crippen molar-refractivity contribution >= 4 is 17.4 Å². The summed E-state index contributed by atoms with van der Waals surface area (Å²) in [6, 6.07) is 13.7. The molecule has 0 spiro atoms. The van der Waals surface area contributed by atoms with Gasteiger partial charge in [-0.2, -0.15) is 5.10 Å². The van der Waals surface area contributed by atoms with Gasteiger partial charge in [0.15, 0.2) is 0 Å². The number of nitrogens with zero attached hydrogens (tertiary/aromatic N) is 4. The summed E-state index contributed by atoms with van der Waals surface area (Å²) >= 11 is 5.84. The number of pyridine rings is 1. The summed E-state index contributed by atoms with van der Waals surface area (Å²) in [6.07, 6.45) is 1.74. The van der Waals surface area contributed by atoms with Crippen LogP contribution in [0.15, 0.2) is 61.2 Å². The Balaban J connectivity index is 1.93. The quantitative estimate of drug-likeness (QED) is 0.535. The lowest BCUT2D eigenvalue weighted by Gasteiger charge is -2.17. The molecule has 3 rings (SSSR count). The van der Waals surface area contributed by atoms with E-state index in [9.17, 15) is 4.79 Å². The van der Waals surface area contributed by atoms with E-state index in [0.717, 1.165) is 0 Å². The highest BCUT2D eigenvalue weighted by Gasteiger charge is 2.25. The summed E-state index contributed by atoms with van der Waals surface area (Å²) in [4.78, 5) is 20.5. The summed E-state index contributed by atoms with van der Waals surface area (Å²) in [5.41, 5.74) is 0.505. The maximum absolute atomic E-state index is 12.7. The van der Waals surface area contributed by atoms with Gasteiger partial charge >= 0.3 is 0 Å². The SMILES string of the molecule is O=C(c1ccccc1)C(Oc1cccc(Cl)n1)n1cncn1. The lowest BCUT2D eigenvalue weighted by atomic mass is 10.1. The van der Waals surface area contributed by atoms with E-state index in [2.05, 4.69) is 15.1 Å². The summed E-state index contributed by atoms with van der Waals surface area (Å²) in [7, 11) is 0. The Morgan fingerprint density at radius 2 is 1.95 bits per heavy atom. The molecular formula is C15H11ClN4O2. The van der Waals surface area contributed by atoms with Crippen LogP contribution in [0.5, 0.6) is 5.88 Å². The fraction of sp³-hybridized carbons (Fsp3) is 0.0667. The molecule has 1 atom stereocenters. The first-order chi connectivity index (χ1) is 10.7. The van der Waals surface area contributed by atoms with Gasteiger partial charge in [0.05, 0.1) is 0 Å². The minimum atomic E-state index is -1.00. The van der Waals surface area contributed by atoms with E-state index in [4.69, 9.17) is 16.3 Å². The Kier molecular flexibility index (Phi) is 4.11. The van der Waals surface area contributed by atoms with Crippen LogP contribution in [0.1, 0.15) is 16.6 Å². The van der Waals surface area contributed by atoms with E-state index < -0.39 is 6.23 Å². The number of carbonyl (C=O) groups is 1. The average Bonchev–Trinajstić information content (AvgIpc) is 3.07. The molecule has 1 unspecified atom stereocenters. The topological polar surface area (TPSA) is 69.9 Å². The highest BCUT2D eigenvalue weighted by molar-refractivity contribution is 6.29. The van der Waals surface area contributed by atoms with Gasteiger partial charge in [-0.1, -0.05) is 48.0 Å². The average molecular weight is 315 g/mol. The van der Waals surface area contributed by atoms with Crippen molar-refractivity contribution in [2.75, 3.05) is 0 Å². The fourth-order valence-electron chi connectivity index (χ4n) is 1.88. The lowest BCUT2D eigenvalue weighted by Crippen LogP contribution is -2.26. The Morgan fingerprint density at radius 1 is 1.14 bits per heavy atom. The van der Waals surface area contributed by atoms with Crippen LogP contribution in [0, 0.1) is 0 Å². The predicted molar refractivity (Wildman–Crippen MR) is 79.7 cm³/mol. The van der Waals surface area contributed by atoms with Gasteiger partial charge in [-0.25, -0.2) is 14.6 Å². The second-order valence-corrected chi connectivity index (χ2v) is 4.76. The van der Waals surface area contributed by atoms with Gasteiger partial charge in [0.25, 0.3) is 6.23 Å². The van der Waals surface area contributed by atoms with E-state index in [1.54, 1.807) is 42.5 Å². The number of carbonyl (C=O) groups excluding carboxylic acids is 1. The maximum Gasteiger partial charge on any atom is 0.257 e. The van der Waals surface area contributed by atoms with Crippen LogP contribution in [-0.4, -0.2) is 25.5 Å². The molecule has 0 N–H and O–H groups in total. The number of ketones is 1. The number of Topliss-reactive ketones (excluding diaryl/α,β-unsaturated/α-hetero) is 1. The Hall–Kier alpha value is -2.73. The molecule has 0 amide bonds. The lowest BCUT2D eigenvalue weighted by molar-refractivity contribution is 0.0604. The smallest absolute Gasteiger partial charge is 0.257 e. The third kappa shape index (κ3) is 3.12. The number of hydrogen-bond donors (Lipinski definition) is 0. The zero-order valence-electron chi connectivity index (χ0n) is 11.3. The molecule has 3 aromatic rings. The maximum atomic E-state index is 12.7. The molecule has 0 aliphatic heterocycles. The van der Waals surface area contributed by atoms with Crippen molar-refractivity contribution in [1.29, 1.82) is 0 Å². The minimum Gasteiger partial charge on any atom is -0.444 e. The van der Waals surface area contributed by atoms with Crippen LogP contribution in [0.3, 0.4) is 0 Å². The molecule has 1 aromatic carbocycles. The predicted octanol–water partition coefficient (Wildman–Crippen LogP) is 2.79. The number of ether oxygens (including phenoxy) is 1. The molecule has 0 aliphatic rings. The van der Waals surface area contributed by atoms with Gasteiger partial charge in [0.2, 0.25) is 11.7 Å². The van der Waals surface area contributed by atoms with Gasteiger partial charge in [-0.15, -0.1) is 0 Å². The third-order valence-electron chi connectivity index (χ3n) is 2.88. The second-order valence-electron chi connectivity index (χ2n) is 4.37. The molecule has 0 saturated heterocycles. The molecule has 110 valence electrons. The molecule has 22 heavy (non-hydrogen) atoms. The van der Waals surface area contributed by atoms with Crippen LogP contribution >= 0.6 is 11.6 Å². The zero-order valence-corrected chi connectivity index (χ0v) is 12.1. The van der Waals surface area contributed by atoms with Crippen molar-refractivity contribution in [2.24, 2.45) is 0 Å². The third-order valence-corrected chi connectivity index (χ3v) is 3.09. The van der Waals surface area contributed by atoms with E-state index >= 15 is 0 Å². The number of rotatable bonds is 5. The first kappa shape index (κ1) is 14.2. The molecule has 0 saturated carbocycles. The highest BCUT2D eigenvalue weighted by Crippen LogP contribution is 2.20. The molecule has 0 radical (unpaired) electrons. The van der Waals surface area contributed by atoms with Gasteiger partial charge in [-0.05, 0) is 6.07 Å². The monoisotopic (exact) mass is 314 g/mol. The Bertz CT molecular complexity index is 762.